The van der Waals surface area contributed by atoms with Crippen molar-refractivity contribution in [2.24, 2.45) is 0 Å². The Balaban J connectivity index is 2.20. The molecule has 84 valence electrons. The van der Waals surface area contributed by atoms with E-state index in [1.165, 1.54) is 11.0 Å². The Morgan fingerprint density at radius 2 is 2.38 bits per heavy atom. The number of hydrogen-bond donors (Lipinski definition) is 0. The first-order valence-corrected chi connectivity index (χ1v) is 5.23. The van der Waals surface area contributed by atoms with Crippen LogP contribution in [0.4, 0.5) is 4.39 Å². The molecule has 0 saturated carbocycles. The lowest BCUT2D eigenvalue weighted by molar-refractivity contribution is 0.0754. The molecule has 0 radical (unpaired) electrons. The van der Waals surface area contributed by atoms with Crippen LogP contribution in [0.15, 0.2) is 30.4 Å². The third kappa shape index (κ3) is 2.10. The molecule has 0 bridgehead atoms. The molecule has 0 N–H and O–H groups in total. The number of pyridine rings is 1. The third-order valence-electron chi connectivity index (χ3n) is 2.64. The molecule has 1 aliphatic heterocycles. The summed E-state index contributed by atoms with van der Waals surface area (Å²) in [5, 5.41) is 0. The summed E-state index contributed by atoms with van der Waals surface area (Å²) in [5.74, 6) is -0.352. The molecule has 0 saturated heterocycles. The van der Waals surface area contributed by atoms with Gasteiger partial charge in [0.1, 0.15) is 5.83 Å². The van der Waals surface area contributed by atoms with Crippen molar-refractivity contribution in [2.45, 2.75) is 13.3 Å². The van der Waals surface area contributed by atoms with Crippen LogP contribution in [0, 0.1) is 6.92 Å². The number of nitrogens with zero attached hydrogens (tertiary/aromatic N) is 2. The Morgan fingerprint density at radius 3 is 3.06 bits per heavy atom. The first-order valence-electron chi connectivity index (χ1n) is 5.23. The van der Waals surface area contributed by atoms with E-state index in [0.717, 1.165) is 5.56 Å². The smallest absolute Gasteiger partial charge is 0.254 e. The molecule has 2 rings (SSSR count). The van der Waals surface area contributed by atoms with E-state index in [2.05, 4.69) is 4.98 Å². The topological polar surface area (TPSA) is 33.2 Å². The highest BCUT2D eigenvalue weighted by Crippen LogP contribution is 2.15. The van der Waals surface area contributed by atoms with Gasteiger partial charge in [0.2, 0.25) is 0 Å². The Bertz CT molecular complexity index is 442. The minimum atomic E-state index is -0.230. The van der Waals surface area contributed by atoms with Crippen molar-refractivity contribution in [2.75, 3.05) is 13.1 Å². The molecule has 1 aromatic heterocycles. The maximum atomic E-state index is 13.1. The van der Waals surface area contributed by atoms with E-state index in [1.807, 2.05) is 6.92 Å². The molecule has 16 heavy (non-hydrogen) atoms. The first-order chi connectivity index (χ1) is 7.68. The Kier molecular flexibility index (Phi) is 2.99. The van der Waals surface area contributed by atoms with E-state index in [4.69, 9.17) is 0 Å². The first kappa shape index (κ1) is 10.8. The van der Waals surface area contributed by atoms with E-state index in [9.17, 15) is 9.18 Å². The molecule has 2 heterocycles. The molecule has 1 amide bonds. The zero-order chi connectivity index (χ0) is 11.5. The molecular formula is C12H13FN2O. The standard InChI is InChI=1S/C12H13FN2O/c1-9-7-14-5-4-11(9)12(16)15-6-2-3-10(13)8-15/h3-5,7H,2,6,8H2,1H3. The van der Waals surface area contributed by atoms with Crippen LogP contribution < -0.4 is 0 Å². The number of aromatic nitrogens is 1. The molecule has 0 aliphatic carbocycles. The van der Waals surface area contributed by atoms with Crippen molar-refractivity contribution in [3.8, 4) is 0 Å². The van der Waals surface area contributed by atoms with Crippen LogP contribution in [0.5, 0.6) is 0 Å². The van der Waals surface area contributed by atoms with Crippen molar-refractivity contribution in [1.29, 1.82) is 0 Å². The lowest BCUT2D eigenvalue weighted by Gasteiger charge is -2.25. The molecule has 1 aliphatic rings. The van der Waals surface area contributed by atoms with Gasteiger partial charge in [-0.05, 0) is 31.1 Å². The number of carbonyl (C=O) groups excluding carboxylic acids is 1. The highest BCUT2D eigenvalue weighted by Gasteiger charge is 2.20. The Labute approximate surface area is 93.6 Å². The van der Waals surface area contributed by atoms with Gasteiger partial charge in [-0.2, -0.15) is 0 Å². The van der Waals surface area contributed by atoms with Gasteiger partial charge >= 0.3 is 0 Å². The van der Waals surface area contributed by atoms with Crippen molar-refractivity contribution in [1.82, 2.24) is 9.88 Å². The van der Waals surface area contributed by atoms with Crippen LogP contribution >= 0.6 is 0 Å². The third-order valence-corrected chi connectivity index (χ3v) is 2.64. The minimum Gasteiger partial charge on any atom is -0.332 e. The zero-order valence-corrected chi connectivity index (χ0v) is 9.11. The molecule has 0 fully saturated rings. The average Bonchev–Trinajstić information content (AvgIpc) is 2.29. The summed E-state index contributed by atoms with van der Waals surface area (Å²) in [4.78, 5) is 17.5. The van der Waals surface area contributed by atoms with E-state index in [-0.39, 0.29) is 18.3 Å². The maximum absolute atomic E-state index is 13.1. The van der Waals surface area contributed by atoms with Gasteiger partial charge in [0.15, 0.2) is 0 Å². The lowest BCUT2D eigenvalue weighted by Crippen LogP contribution is -2.35. The maximum Gasteiger partial charge on any atom is 0.254 e. The van der Waals surface area contributed by atoms with Gasteiger partial charge in [-0.1, -0.05) is 0 Å². The van der Waals surface area contributed by atoms with Crippen LogP contribution in [0.25, 0.3) is 0 Å². The lowest BCUT2D eigenvalue weighted by atomic mass is 10.1. The number of carbonyl (C=O) groups is 1. The number of aryl methyl sites for hydroxylation is 1. The summed E-state index contributed by atoms with van der Waals surface area (Å²) >= 11 is 0. The summed E-state index contributed by atoms with van der Waals surface area (Å²) in [6.45, 7) is 2.49. The summed E-state index contributed by atoms with van der Waals surface area (Å²) < 4.78 is 13.1. The molecule has 0 spiro atoms. The van der Waals surface area contributed by atoms with Gasteiger partial charge in [-0.25, -0.2) is 4.39 Å². The monoisotopic (exact) mass is 220 g/mol. The van der Waals surface area contributed by atoms with Gasteiger partial charge < -0.3 is 4.90 Å². The predicted octanol–water partition coefficient (Wildman–Crippen LogP) is 2.09. The zero-order valence-electron chi connectivity index (χ0n) is 9.11. The molecule has 1 aromatic rings. The van der Waals surface area contributed by atoms with E-state index >= 15 is 0 Å². The fourth-order valence-corrected chi connectivity index (χ4v) is 1.76. The van der Waals surface area contributed by atoms with Gasteiger partial charge in [-0.15, -0.1) is 0 Å². The van der Waals surface area contributed by atoms with Crippen molar-refractivity contribution in [3.63, 3.8) is 0 Å². The second-order valence-electron chi connectivity index (χ2n) is 3.86. The van der Waals surface area contributed by atoms with Crippen LogP contribution in [0.2, 0.25) is 0 Å². The highest BCUT2D eigenvalue weighted by atomic mass is 19.1. The summed E-state index contributed by atoms with van der Waals surface area (Å²) in [5.41, 5.74) is 1.42. The van der Waals surface area contributed by atoms with Crippen molar-refractivity contribution < 1.29 is 9.18 Å². The fourth-order valence-electron chi connectivity index (χ4n) is 1.76. The van der Waals surface area contributed by atoms with Gasteiger partial charge in [-0.3, -0.25) is 9.78 Å². The highest BCUT2D eigenvalue weighted by molar-refractivity contribution is 5.95. The minimum absolute atomic E-state index is 0.0839. The second-order valence-corrected chi connectivity index (χ2v) is 3.86. The average molecular weight is 220 g/mol. The van der Waals surface area contributed by atoms with Gasteiger partial charge in [0.25, 0.3) is 5.91 Å². The number of rotatable bonds is 1. The number of halogens is 1. The Hall–Kier alpha value is -1.71. The normalized spacial score (nSPS) is 15.9. The SMILES string of the molecule is Cc1cnccc1C(=O)N1CCC=C(F)C1. The fraction of sp³-hybridized carbons (Fsp3) is 0.333. The molecule has 4 heteroatoms. The second kappa shape index (κ2) is 4.43. The molecular weight excluding hydrogens is 207 g/mol. The van der Waals surface area contributed by atoms with Crippen LogP contribution in [0.1, 0.15) is 22.3 Å². The van der Waals surface area contributed by atoms with Crippen LogP contribution in [-0.4, -0.2) is 28.9 Å². The van der Waals surface area contributed by atoms with E-state index in [1.54, 1.807) is 18.5 Å². The number of amides is 1. The number of hydrogen-bond acceptors (Lipinski definition) is 2. The summed E-state index contributed by atoms with van der Waals surface area (Å²) in [7, 11) is 0. The predicted molar refractivity (Wildman–Crippen MR) is 58.7 cm³/mol. The van der Waals surface area contributed by atoms with E-state index in [0.29, 0.717) is 18.5 Å². The summed E-state index contributed by atoms with van der Waals surface area (Å²) in [6, 6.07) is 1.67. The Morgan fingerprint density at radius 1 is 1.56 bits per heavy atom. The quantitative estimate of drug-likeness (QED) is 0.726. The molecule has 3 nitrogen and oxygen atoms in total. The van der Waals surface area contributed by atoms with Crippen LogP contribution in [-0.2, 0) is 0 Å². The largest absolute Gasteiger partial charge is 0.332 e. The molecule has 0 unspecified atom stereocenters. The van der Waals surface area contributed by atoms with Crippen molar-refractivity contribution >= 4 is 5.91 Å². The summed E-state index contributed by atoms with van der Waals surface area (Å²) in [6.07, 6.45) is 5.34. The van der Waals surface area contributed by atoms with Gasteiger partial charge in [0, 0.05) is 24.5 Å². The molecule has 0 aromatic carbocycles. The van der Waals surface area contributed by atoms with E-state index < -0.39 is 0 Å². The van der Waals surface area contributed by atoms with Crippen molar-refractivity contribution in [3.05, 3.63) is 41.5 Å². The van der Waals surface area contributed by atoms with Gasteiger partial charge in [0.05, 0.1) is 6.54 Å². The van der Waals surface area contributed by atoms with Crippen LogP contribution in [0.3, 0.4) is 0 Å². The molecule has 0 atom stereocenters.